The third kappa shape index (κ3) is 7.12. The Kier molecular flexibility index (Phi) is 8.65. The van der Waals surface area contributed by atoms with Crippen molar-refractivity contribution in [1.82, 2.24) is 0 Å². The smallest absolute Gasteiger partial charge is 0.450 e. The lowest BCUT2D eigenvalue weighted by molar-refractivity contribution is 0.0851. The van der Waals surface area contributed by atoms with Crippen LogP contribution in [-0.2, 0) is 17.8 Å². The molecule has 1 aromatic rings. The van der Waals surface area contributed by atoms with Crippen molar-refractivity contribution < 1.29 is 14.6 Å². The van der Waals surface area contributed by atoms with Crippen LogP contribution in [0.15, 0.2) is 18.2 Å². The number of rotatable bonds is 9. The molecule has 0 aliphatic rings. The van der Waals surface area contributed by atoms with Crippen LogP contribution in [-0.4, -0.2) is 11.3 Å². The van der Waals surface area contributed by atoms with Gasteiger partial charge in [0.2, 0.25) is 0 Å². The van der Waals surface area contributed by atoms with E-state index in [0.29, 0.717) is 0 Å². The molecule has 3 nitrogen and oxygen atoms in total. The Bertz CT molecular complexity index is 418. The van der Waals surface area contributed by atoms with E-state index in [0.717, 1.165) is 18.4 Å². The molecule has 0 spiro atoms. The van der Waals surface area contributed by atoms with Crippen molar-refractivity contribution in [2.45, 2.75) is 58.5 Å². The Balaban J connectivity index is 2.45. The fourth-order valence-corrected chi connectivity index (χ4v) is 2.76. The van der Waals surface area contributed by atoms with E-state index in [-0.39, 0.29) is 6.61 Å². The molecule has 0 aliphatic carbocycles. The number of ether oxygens (including phenoxy) is 1. The van der Waals surface area contributed by atoms with Crippen LogP contribution < -0.4 is 0 Å². The predicted molar refractivity (Wildman–Crippen MR) is 89.1 cm³/mol. The lowest BCUT2D eigenvalue weighted by Gasteiger charge is -2.10. The highest BCUT2D eigenvalue weighted by atomic mass is 127. The molecule has 0 saturated heterocycles. The first-order valence-corrected chi connectivity index (χ1v) is 8.34. The van der Waals surface area contributed by atoms with Gasteiger partial charge in [-0.3, -0.25) is 0 Å². The van der Waals surface area contributed by atoms with Gasteiger partial charge in [0.1, 0.15) is 6.61 Å². The zero-order valence-electron chi connectivity index (χ0n) is 12.0. The molecule has 4 heteroatoms. The highest BCUT2D eigenvalue weighted by molar-refractivity contribution is 14.1. The quantitative estimate of drug-likeness (QED) is 0.349. The molecule has 1 N–H and O–H groups in total. The number of hydrogen-bond donors (Lipinski definition) is 1. The Labute approximate surface area is 134 Å². The minimum atomic E-state index is -1.21. The van der Waals surface area contributed by atoms with Crippen molar-refractivity contribution >= 4 is 28.7 Å². The monoisotopic (exact) mass is 390 g/mol. The first kappa shape index (κ1) is 17.3. The van der Waals surface area contributed by atoms with Crippen molar-refractivity contribution in [3.63, 3.8) is 0 Å². The summed E-state index contributed by atoms with van der Waals surface area (Å²) < 4.78 is 5.87. The van der Waals surface area contributed by atoms with E-state index in [1.807, 2.05) is 12.1 Å². The van der Waals surface area contributed by atoms with Crippen LogP contribution in [0.3, 0.4) is 0 Å². The molecule has 1 rings (SSSR count). The van der Waals surface area contributed by atoms with Gasteiger partial charge in [-0.1, -0.05) is 45.1 Å². The van der Waals surface area contributed by atoms with Crippen molar-refractivity contribution in [1.29, 1.82) is 0 Å². The third-order valence-electron chi connectivity index (χ3n) is 3.32. The molecule has 0 unspecified atom stereocenters. The molecule has 0 aromatic heterocycles. The lowest BCUT2D eigenvalue weighted by Crippen LogP contribution is -2.03. The number of carboxylic acid groups (broad SMARTS) is 1. The largest absolute Gasteiger partial charge is 0.506 e. The molecular weight excluding hydrogens is 367 g/mol. The molecule has 0 atom stereocenters. The SMILES string of the molecule is CCCCCCCCc1cc(I)ccc1COC(=O)O. The maximum absolute atomic E-state index is 10.5. The summed E-state index contributed by atoms with van der Waals surface area (Å²) in [5, 5.41) is 8.59. The molecule has 1 aromatic carbocycles. The maximum Gasteiger partial charge on any atom is 0.506 e. The van der Waals surface area contributed by atoms with E-state index in [2.05, 4.69) is 40.3 Å². The molecule has 0 saturated carbocycles. The highest BCUT2D eigenvalue weighted by Gasteiger charge is 2.06. The summed E-state index contributed by atoms with van der Waals surface area (Å²) in [4.78, 5) is 10.5. The van der Waals surface area contributed by atoms with Crippen LogP contribution in [0.1, 0.15) is 56.6 Å². The Hall–Kier alpha value is -0.780. The van der Waals surface area contributed by atoms with E-state index in [1.165, 1.54) is 41.2 Å². The van der Waals surface area contributed by atoms with Crippen molar-refractivity contribution in [2.24, 2.45) is 0 Å². The van der Waals surface area contributed by atoms with Crippen LogP contribution in [0.25, 0.3) is 0 Å². The summed E-state index contributed by atoms with van der Waals surface area (Å²) in [6.07, 6.45) is 7.38. The first-order valence-electron chi connectivity index (χ1n) is 7.26. The summed E-state index contributed by atoms with van der Waals surface area (Å²) in [6.45, 7) is 2.37. The second-order valence-electron chi connectivity index (χ2n) is 4.99. The van der Waals surface area contributed by atoms with Gasteiger partial charge >= 0.3 is 6.16 Å². The highest BCUT2D eigenvalue weighted by Crippen LogP contribution is 2.18. The van der Waals surface area contributed by atoms with Gasteiger partial charge < -0.3 is 9.84 Å². The van der Waals surface area contributed by atoms with E-state index in [4.69, 9.17) is 5.11 Å². The zero-order chi connectivity index (χ0) is 14.8. The van der Waals surface area contributed by atoms with Gasteiger partial charge in [0, 0.05) is 3.57 Å². The van der Waals surface area contributed by atoms with E-state index in [1.54, 1.807) is 0 Å². The summed E-state index contributed by atoms with van der Waals surface area (Å²) in [5.41, 5.74) is 2.20. The average molecular weight is 390 g/mol. The van der Waals surface area contributed by atoms with Crippen molar-refractivity contribution in [2.75, 3.05) is 0 Å². The molecule has 20 heavy (non-hydrogen) atoms. The van der Waals surface area contributed by atoms with Crippen LogP contribution >= 0.6 is 22.6 Å². The number of aryl methyl sites for hydroxylation is 1. The number of carbonyl (C=O) groups is 1. The second-order valence-corrected chi connectivity index (χ2v) is 6.23. The fraction of sp³-hybridized carbons (Fsp3) is 0.562. The molecule has 112 valence electrons. The van der Waals surface area contributed by atoms with Crippen LogP contribution in [0.4, 0.5) is 4.79 Å². The summed E-state index contributed by atoms with van der Waals surface area (Å²) in [6, 6.07) is 6.09. The van der Waals surface area contributed by atoms with Gasteiger partial charge in [0.05, 0.1) is 0 Å². The number of benzene rings is 1. The number of halogens is 1. The van der Waals surface area contributed by atoms with Gasteiger partial charge in [-0.2, -0.15) is 0 Å². The van der Waals surface area contributed by atoms with Gasteiger partial charge in [-0.05, 0) is 58.7 Å². The molecule has 0 radical (unpaired) electrons. The topological polar surface area (TPSA) is 46.5 Å². The predicted octanol–water partition coefficient (Wildman–Crippen LogP) is 5.39. The zero-order valence-corrected chi connectivity index (χ0v) is 14.2. The van der Waals surface area contributed by atoms with Crippen molar-refractivity contribution in [3.05, 3.63) is 32.9 Å². The molecule has 0 fully saturated rings. The minimum absolute atomic E-state index is 0.150. The lowest BCUT2D eigenvalue weighted by atomic mass is 10.0. The van der Waals surface area contributed by atoms with Gasteiger partial charge in [0.25, 0.3) is 0 Å². The van der Waals surface area contributed by atoms with E-state index < -0.39 is 6.16 Å². The molecule has 0 aliphatic heterocycles. The summed E-state index contributed by atoms with van der Waals surface area (Å²) in [7, 11) is 0. The minimum Gasteiger partial charge on any atom is -0.450 e. The number of unbranched alkanes of at least 4 members (excludes halogenated alkanes) is 5. The van der Waals surface area contributed by atoms with E-state index in [9.17, 15) is 4.79 Å². The second kappa shape index (κ2) is 10.0. The number of hydrogen-bond acceptors (Lipinski definition) is 2. The molecule has 0 amide bonds. The van der Waals surface area contributed by atoms with Gasteiger partial charge in [0.15, 0.2) is 0 Å². The Morgan fingerprint density at radius 3 is 2.55 bits per heavy atom. The first-order chi connectivity index (χ1) is 9.63. The third-order valence-corrected chi connectivity index (χ3v) is 3.99. The van der Waals surface area contributed by atoms with Crippen molar-refractivity contribution in [3.8, 4) is 0 Å². The summed E-state index contributed by atoms with van der Waals surface area (Å²) >= 11 is 2.29. The van der Waals surface area contributed by atoms with Gasteiger partial charge in [-0.25, -0.2) is 4.79 Å². The average Bonchev–Trinajstić information content (AvgIpc) is 2.41. The maximum atomic E-state index is 10.5. The van der Waals surface area contributed by atoms with Crippen LogP contribution in [0, 0.1) is 3.57 Å². The molecule has 0 bridgehead atoms. The summed E-state index contributed by atoms with van der Waals surface area (Å²) in [5.74, 6) is 0. The van der Waals surface area contributed by atoms with Crippen LogP contribution in [0.2, 0.25) is 0 Å². The Morgan fingerprint density at radius 2 is 1.85 bits per heavy atom. The van der Waals surface area contributed by atoms with Gasteiger partial charge in [-0.15, -0.1) is 0 Å². The van der Waals surface area contributed by atoms with Crippen LogP contribution in [0.5, 0.6) is 0 Å². The molecular formula is C16H23IO3. The van der Waals surface area contributed by atoms with E-state index >= 15 is 0 Å². The fourth-order valence-electron chi connectivity index (χ4n) is 2.20. The standard InChI is InChI=1S/C16H23IO3/c1-2-3-4-5-6-7-8-13-11-15(17)10-9-14(13)12-20-16(18)19/h9-11H,2-8,12H2,1H3,(H,18,19). The molecule has 0 heterocycles. The normalized spacial score (nSPS) is 10.5. The Morgan fingerprint density at radius 1 is 1.15 bits per heavy atom.